The molecule has 106 heavy (non-hydrogen) atoms. The molecule has 0 aliphatic rings. The normalized spacial score (nSPS) is 11.6. The Hall–Kier alpha value is -3.26. The van der Waals surface area contributed by atoms with Gasteiger partial charge in [-0.1, -0.05) is 350 Å². The lowest BCUT2D eigenvalue weighted by Gasteiger charge is -2.23. The molecule has 0 rings (SSSR count). The molecule has 0 fully saturated rings. The number of amides is 6. The highest BCUT2D eigenvalue weighted by atomic mass is 16.2. The van der Waals surface area contributed by atoms with E-state index in [2.05, 4.69) is 83.2 Å². The fraction of sp³-hybridized carbons (Fsp3) is 0.935. The van der Waals surface area contributed by atoms with Crippen LogP contribution in [-0.4, -0.2) is 123 Å². The van der Waals surface area contributed by atoms with Gasteiger partial charge in [-0.2, -0.15) is 0 Å². The summed E-state index contributed by atoms with van der Waals surface area (Å²) < 4.78 is 0. The number of carbonyl (C=O) groups excluding carboxylic acids is 6. The van der Waals surface area contributed by atoms with Crippen molar-refractivity contribution in [3.63, 3.8) is 0 Å². The Labute approximate surface area is 658 Å². The molecule has 0 saturated heterocycles. The Morgan fingerprint density at radius 2 is 0.377 bits per heavy atom. The van der Waals surface area contributed by atoms with Gasteiger partial charge in [-0.05, 0) is 116 Å². The van der Waals surface area contributed by atoms with E-state index in [1.54, 1.807) is 0 Å². The van der Waals surface area contributed by atoms with Crippen LogP contribution in [0.1, 0.15) is 478 Å². The third-order valence-corrected chi connectivity index (χ3v) is 22.2. The van der Waals surface area contributed by atoms with Crippen LogP contribution in [0.4, 0.5) is 0 Å². The maximum atomic E-state index is 13.3. The van der Waals surface area contributed by atoms with Crippen LogP contribution in [0.2, 0.25) is 0 Å². The second-order valence-corrected chi connectivity index (χ2v) is 32.7. The van der Waals surface area contributed by atoms with Crippen LogP contribution in [0.25, 0.3) is 0 Å². The average molecular weight is 1500 g/mol. The predicted molar refractivity (Wildman–Crippen MR) is 457 cm³/mol. The number of hydrogen-bond donors (Lipinski definition) is 6. The van der Waals surface area contributed by atoms with Crippen molar-refractivity contribution < 1.29 is 28.8 Å². The van der Waals surface area contributed by atoms with Gasteiger partial charge in [0.15, 0.2) is 0 Å². The topological polar surface area (TPSA) is 181 Å². The molecule has 0 aliphatic carbocycles. The van der Waals surface area contributed by atoms with E-state index in [-0.39, 0.29) is 48.3 Å². The van der Waals surface area contributed by atoms with Crippen LogP contribution in [0.3, 0.4) is 0 Å². The molecular formula is C92H182N8O6. The third-order valence-electron chi connectivity index (χ3n) is 22.2. The van der Waals surface area contributed by atoms with Crippen molar-refractivity contribution in [3.8, 4) is 0 Å². The summed E-state index contributed by atoms with van der Waals surface area (Å²) in [6.07, 6.45) is 77.2. The number of nitrogens with one attached hydrogen (secondary N) is 6. The van der Waals surface area contributed by atoms with Crippen molar-refractivity contribution in [1.82, 2.24) is 41.7 Å². The Bertz CT molecular complexity index is 1750. The molecule has 6 amide bonds. The van der Waals surface area contributed by atoms with Gasteiger partial charge in [-0.25, -0.2) is 0 Å². The number of rotatable bonds is 87. The van der Waals surface area contributed by atoms with E-state index in [4.69, 9.17) is 0 Å². The van der Waals surface area contributed by atoms with Crippen LogP contribution >= 0.6 is 0 Å². The van der Waals surface area contributed by atoms with Crippen molar-refractivity contribution in [2.24, 2.45) is 0 Å². The molecule has 14 nitrogen and oxygen atoms in total. The molecule has 14 heteroatoms. The smallest absolute Gasteiger partial charge is 0.220 e. The summed E-state index contributed by atoms with van der Waals surface area (Å²) in [7, 11) is 0. The van der Waals surface area contributed by atoms with Gasteiger partial charge in [0.1, 0.15) is 0 Å². The lowest BCUT2D eigenvalue weighted by Crippen LogP contribution is -2.37. The summed E-state index contributed by atoms with van der Waals surface area (Å²) in [6.45, 7) is 21.8. The summed E-state index contributed by atoms with van der Waals surface area (Å²) in [5.74, 6) is 0.726. The highest BCUT2D eigenvalue weighted by molar-refractivity contribution is 5.83. The average Bonchev–Trinajstić information content (AvgIpc) is 1.62. The minimum atomic E-state index is -0.0749. The zero-order valence-electron chi connectivity index (χ0n) is 71.7. The standard InChI is InChI=1S/C92H182N8O6/c1-7-13-19-25-31-41-55-69-87(101)93-75-59-45-35-49-63-81-99(79-61-47-33-43-57-71-91(105)97-85(65-51-37-27-21-15-9-3)66-52-38-28-22-16-10-4)83-77-95-89(103)73-74-90(104)96-78-84-100(82-64-50-36-46-60-76-94-88(102)70-56-42-32-26-20-14-8-2)80-62-48-34-44-58-72-92(106)98-86(67-53-39-29-23-17-11-5)68-54-40-30-24-18-12-6/h85-86H,7-84H2,1-6H3,(H,93,101)(H,94,102)(H,95,103)(H,96,104)(H,97,105)(H,98,106). The SMILES string of the molecule is CCCCCCCCCC(=O)NCCCCCCCN(CCCCCCCC(=O)NC(CCCCCCCC)CCCCCCCC)CCNC(=O)CCC(=O)NCCN(CCCCCCCNC(=O)CCCCCCCCC)CCCCCCCC(=O)NC(CCCCCCCC)CCCCCCCC. The molecule has 0 saturated carbocycles. The van der Waals surface area contributed by atoms with E-state index in [0.29, 0.717) is 50.9 Å². The number of unbranched alkanes of at least 4 members (excludes halogenated alkanes) is 48. The number of nitrogens with zero attached hydrogens (tertiary/aromatic N) is 2. The molecule has 0 bridgehead atoms. The van der Waals surface area contributed by atoms with E-state index in [1.807, 2.05) is 0 Å². The molecule has 0 aliphatic heterocycles. The van der Waals surface area contributed by atoms with E-state index < -0.39 is 0 Å². The fourth-order valence-electron chi connectivity index (χ4n) is 15.0. The summed E-state index contributed by atoms with van der Waals surface area (Å²) >= 11 is 0. The van der Waals surface area contributed by atoms with Crippen molar-refractivity contribution in [3.05, 3.63) is 0 Å². The molecule has 0 radical (unpaired) electrons. The van der Waals surface area contributed by atoms with E-state index in [1.165, 1.54) is 218 Å². The van der Waals surface area contributed by atoms with Crippen LogP contribution in [0.5, 0.6) is 0 Å². The molecule has 0 unspecified atom stereocenters. The zero-order valence-corrected chi connectivity index (χ0v) is 71.7. The lowest BCUT2D eigenvalue weighted by atomic mass is 9.99. The van der Waals surface area contributed by atoms with Gasteiger partial charge < -0.3 is 41.7 Å². The molecular weight excluding hydrogens is 1310 g/mol. The van der Waals surface area contributed by atoms with Crippen molar-refractivity contribution >= 4 is 35.4 Å². The van der Waals surface area contributed by atoms with Gasteiger partial charge in [0.25, 0.3) is 0 Å². The maximum absolute atomic E-state index is 13.3. The van der Waals surface area contributed by atoms with Crippen molar-refractivity contribution in [2.45, 2.75) is 490 Å². The molecule has 0 spiro atoms. The van der Waals surface area contributed by atoms with Gasteiger partial charge in [0, 0.05) is 89.9 Å². The van der Waals surface area contributed by atoms with E-state index >= 15 is 0 Å². The lowest BCUT2D eigenvalue weighted by molar-refractivity contribution is -0.126. The number of hydrogen-bond acceptors (Lipinski definition) is 8. The minimum Gasteiger partial charge on any atom is -0.356 e. The summed E-state index contributed by atoms with van der Waals surface area (Å²) in [6, 6.07) is 0.637. The third kappa shape index (κ3) is 77.5. The van der Waals surface area contributed by atoms with E-state index in [0.717, 1.165) is 232 Å². The maximum Gasteiger partial charge on any atom is 0.220 e. The Morgan fingerprint density at radius 1 is 0.189 bits per heavy atom. The van der Waals surface area contributed by atoms with Gasteiger partial charge in [0.05, 0.1) is 0 Å². The van der Waals surface area contributed by atoms with Crippen molar-refractivity contribution in [1.29, 1.82) is 0 Å². The fourth-order valence-corrected chi connectivity index (χ4v) is 15.0. The van der Waals surface area contributed by atoms with Crippen molar-refractivity contribution in [2.75, 3.05) is 65.4 Å². The molecule has 6 N–H and O–H groups in total. The Morgan fingerprint density at radius 3 is 0.632 bits per heavy atom. The summed E-state index contributed by atoms with van der Waals surface area (Å²) in [5, 5.41) is 19.5. The molecule has 0 atom stereocenters. The largest absolute Gasteiger partial charge is 0.356 e. The molecule has 0 heterocycles. The van der Waals surface area contributed by atoms with Gasteiger partial charge >= 0.3 is 0 Å². The first-order valence-corrected chi connectivity index (χ1v) is 47.1. The van der Waals surface area contributed by atoms with E-state index in [9.17, 15) is 28.8 Å². The molecule has 0 aromatic rings. The molecule has 626 valence electrons. The molecule has 0 aromatic heterocycles. The Balaban J connectivity index is 5.35. The van der Waals surface area contributed by atoms with Gasteiger partial charge in [-0.3, -0.25) is 28.8 Å². The first-order valence-electron chi connectivity index (χ1n) is 47.1. The van der Waals surface area contributed by atoms with Crippen LogP contribution in [0.15, 0.2) is 0 Å². The predicted octanol–water partition coefficient (Wildman–Crippen LogP) is 23.7. The highest BCUT2D eigenvalue weighted by Gasteiger charge is 2.16. The van der Waals surface area contributed by atoms with Gasteiger partial charge in [0.2, 0.25) is 35.4 Å². The monoisotopic (exact) mass is 1500 g/mol. The van der Waals surface area contributed by atoms with Crippen LogP contribution in [-0.2, 0) is 28.8 Å². The second-order valence-electron chi connectivity index (χ2n) is 32.7. The zero-order chi connectivity index (χ0) is 77.2. The number of carbonyl (C=O) groups is 6. The Kier molecular flexibility index (Phi) is 81.6. The quantitative estimate of drug-likeness (QED) is 0.0326. The summed E-state index contributed by atoms with van der Waals surface area (Å²) in [5.41, 5.74) is 0. The second kappa shape index (κ2) is 84.2. The van der Waals surface area contributed by atoms with Gasteiger partial charge in [-0.15, -0.1) is 0 Å². The van der Waals surface area contributed by atoms with Crippen LogP contribution < -0.4 is 31.9 Å². The minimum absolute atomic E-state index is 0.0749. The van der Waals surface area contributed by atoms with Crippen LogP contribution in [0, 0.1) is 0 Å². The first-order chi connectivity index (χ1) is 52.0. The summed E-state index contributed by atoms with van der Waals surface area (Å²) in [4.78, 5) is 82.8. The molecule has 0 aromatic carbocycles. The first kappa shape index (κ1) is 103. The highest BCUT2D eigenvalue weighted by Crippen LogP contribution is 2.20.